The molecule has 0 rings (SSSR count). The molecule has 0 bridgehead atoms. The molecule has 52 valence electrons. The summed E-state index contributed by atoms with van der Waals surface area (Å²) in [6.45, 7) is 0. The maximum absolute atomic E-state index is 9.20. The van der Waals surface area contributed by atoms with Crippen molar-refractivity contribution in [2.75, 3.05) is 0 Å². The molecule has 0 radical (unpaired) electrons. The Labute approximate surface area is 95.7 Å². The fraction of sp³-hybridized carbons (Fsp3) is 0. The third kappa shape index (κ3) is 6.31. The van der Waals surface area contributed by atoms with Crippen LogP contribution in [0.2, 0.25) is 0 Å². The van der Waals surface area contributed by atoms with E-state index >= 15 is 0 Å². The fourth-order valence-electron chi connectivity index (χ4n) is 0. The van der Waals surface area contributed by atoms with E-state index < -0.39 is 18.3 Å². The number of rotatable bonds is 1. The molecule has 0 amide bonds. The van der Waals surface area contributed by atoms with Gasteiger partial charge in [-0.25, -0.2) is 16.8 Å². The normalized spacial score (nSPS) is 11.0. The molecule has 0 saturated heterocycles. The minimum atomic E-state index is -5.67. The fourth-order valence-corrected chi connectivity index (χ4v) is 0. The monoisotopic (exact) mass is 208 g/mol. The van der Waals surface area contributed by atoms with Crippen LogP contribution in [0.15, 0.2) is 0 Å². The van der Waals surface area contributed by atoms with E-state index in [-0.39, 0.29) is 52.6 Å². The predicted octanol–water partition coefficient (Wildman–Crippen LogP) is -3.04. The van der Waals surface area contributed by atoms with Crippen LogP contribution < -0.4 is 0 Å². The maximum atomic E-state index is 9.20. The van der Waals surface area contributed by atoms with Crippen molar-refractivity contribution >= 4 is 70.9 Å². The summed E-state index contributed by atoms with van der Waals surface area (Å²) < 4.78 is 55.2. The molecule has 0 aromatic rings. The van der Waals surface area contributed by atoms with Crippen LogP contribution >= 0.6 is 0 Å². The number of hydrogen-bond donors (Lipinski definition) is 0. The van der Waals surface area contributed by atoms with Crippen molar-refractivity contribution in [3.05, 3.63) is 0 Å². The van der Waals surface area contributed by atoms with Gasteiger partial charge in [0.25, 0.3) is 0 Å². The minimum absolute atomic E-state index is 0. The van der Waals surface area contributed by atoms with Crippen LogP contribution in [0.25, 0.3) is 0 Å². The van der Waals surface area contributed by atoms with Gasteiger partial charge in [0.15, 0.2) is 18.3 Å². The van der Waals surface area contributed by atoms with Gasteiger partial charge in [0.2, 0.25) is 0 Å². The quantitative estimate of drug-likeness (QED) is 0.257. The molecule has 6 nitrogen and oxygen atoms in total. The molecule has 0 unspecified atom stereocenters. The van der Waals surface area contributed by atoms with Crippen molar-refractivity contribution in [2.24, 2.45) is 0 Å². The van der Waals surface area contributed by atoms with Crippen molar-refractivity contribution in [2.45, 2.75) is 0 Å². The van der Waals surface area contributed by atoms with Gasteiger partial charge in [0.1, 0.15) is 0 Å². The molecule has 0 aromatic heterocycles. The average Bonchev–Trinajstić information content (AvgIpc) is 1.25. The van der Waals surface area contributed by atoms with Gasteiger partial charge in [-0.3, -0.25) is 0 Å². The van der Waals surface area contributed by atoms with E-state index in [1.165, 1.54) is 0 Å². The Morgan fingerprint density at radius 1 is 0.800 bits per heavy atom. The second kappa shape index (κ2) is 5.27. The summed E-state index contributed by atoms with van der Waals surface area (Å²) in [4.78, 5) is 0. The first-order chi connectivity index (χ1) is 3.25. The summed E-state index contributed by atoms with van der Waals surface area (Å²) in [6.07, 6.45) is 0. The van der Waals surface area contributed by atoms with Gasteiger partial charge in [-0.15, -0.1) is 0 Å². The second-order valence-electron chi connectivity index (χ2n) is 0.816. The molecule has 0 aliphatic rings. The molecular weight excluding hydrogens is 207 g/mol. The van der Waals surface area contributed by atoms with Crippen molar-refractivity contribution in [1.82, 2.24) is 0 Å². The van der Waals surface area contributed by atoms with Crippen LogP contribution in [0.5, 0.6) is 0 Å². The van der Waals surface area contributed by atoms with Crippen LogP contribution in [0.4, 0.5) is 0 Å². The standard InChI is InChI=1S/Mg.Na.H2O6S2.H/c;;1-7(2,3)8(4,5)6;/h;;(H,1,2,3)(H,4,5,6);/q+2;;;/p-2. The van der Waals surface area contributed by atoms with Crippen molar-refractivity contribution in [3.8, 4) is 0 Å². The van der Waals surface area contributed by atoms with Crippen LogP contribution in [-0.4, -0.2) is 78.6 Å². The van der Waals surface area contributed by atoms with Crippen molar-refractivity contribution in [3.63, 3.8) is 0 Å². The van der Waals surface area contributed by atoms with Gasteiger partial charge in [-0.1, -0.05) is 0 Å². The average molecular weight is 208 g/mol. The molecule has 0 heterocycles. The summed E-state index contributed by atoms with van der Waals surface area (Å²) in [5.74, 6) is 0. The van der Waals surface area contributed by atoms with E-state index in [4.69, 9.17) is 0 Å². The zero-order valence-corrected chi connectivity index (χ0v) is 7.02. The SMILES string of the molecule is O=S(=O)([O-])S(=O)(=O)[O-].[Mg+2].[NaH]. The van der Waals surface area contributed by atoms with Gasteiger partial charge >= 0.3 is 52.6 Å². The summed E-state index contributed by atoms with van der Waals surface area (Å²) >= 11 is 0. The van der Waals surface area contributed by atoms with Crippen molar-refractivity contribution in [1.29, 1.82) is 0 Å². The van der Waals surface area contributed by atoms with Crippen LogP contribution in [0, 0.1) is 0 Å². The molecule has 0 fully saturated rings. The summed E-state index contributed by atoms with van der Waals surface area (Å²) in [7, 11) is -11.3. The molecule has 0 aromatic carbocycles. The Morgan fingerprint density at radius 2 is 0.900 bits per heavy atom. The van der Waals surface area contributed by atoms with Crippen LogP contribution in [-0.2, 0) is 18.3 Å². The zero-order valence-electron chi connectivity index (χ0n) is 3.97. The molecule has 10 heteroatoms. The van der Waals surface area contributed by atoms with Crippen LogP contribution in [0.1, 0.15) is 0 Å². The zero-order chi connectivity index (χ0) is 7.00. The van der Waals surface area contributed by atoms with E-state index in [1.54, 1.807) is 0 Å². The van der Waals surface area contributed by atoms with Gasteiger partial charge in [0.05, 0.1) is 0 Å². The number of hydrogen-bond acceptors (Lipinski definition) is 6. The molecule has 0 aliphatic heterocycles. The first-order valence-corrected chi connectivity index (χ1v) is 4.50. The first-order valence-electron chi connectivity index (χ1n) is 1.17. The van der Waals surface area contributed by atoms with Gasteiger partial charge < -0.3 is 9.11 Å². The molecule has 0 spiro atoms. The summed E-state index contributed by atoms with van der Waals surface area (Å²) in [5, 5.41) is 0. The Balaban J connectivity index is -0.000000245. The van der Waals surface area contributed by atoms with Gasteiger partial charge in [-0.05, 0) is 0 Å². The Bertz CT molecular complexity index is 228. The molecule has 0 saturated carbocycles. The molecule has 0 aliphatic carbocycles. The van der Waals surface area contributed by atoms with Gasteiger partial charge in [0, 0.05) is 0 Å². The Morgan fingerprint density at radius 3 is 0.900 bits per heavy atom. The molecule has 10 heavy (non-hydrogen) atoms. The Hall–Kier alpha value is 1.59. The van der Waals surface area contributed by atoms with Gasteiger partial charge in [-0.2, -0.15) is 0 Å². The van der Waals surface area contributed by atoms with Crippen molar-refractivity contribution < 1.29 is 25.9 Å². The summed E-state index contributed by atoms with van der Waals surface area (Å²) in [6, 6.07) is 0. The van der Waals surface area contributed by atoms with E-state index in [0.717, 1.165) is 0 Å². The summed E-state index contributed by atoms with van der Waals surface area (Å²) in [5.41, 5.74) is 0. The molecule has 0 atom stereocenters. The molecule has 0 N–H and O–H groups in total. The van der Waals surface area contributed by atoms with E-state index in [0.29, 0.717) is 0 Å². The van der Waals surface area contributed by atoms with E-state index in [9.17, 15) is 25.9 Å². The van der Waals surface area contributed by atoms with E-state index in [2.05, 4.69) is 0 Å². The molecular formula is HMgNaO6S2. The predicted molar refractivity (Wildman–Crippen MR) is 32.3 cm³/mol. The second-order valence-corrected chi connectivity index (χ2v) is 4.90. The third-order valence-electron chi connectivity index (χ3n) is 0.250. The Kier molecular flexibility index (Phi) is 9.28. The van der Waals surface area contributed by atoms with Crippen LogP contribution in [0.3, 0.4) is 0 Å². The third-order valence-corrected chi connectivity index (χ3v) is 2.25. The first kappa shape index (κ1) is 17.6. The topological polar surface area (TPSA) is 114 Å². The van der Waals surface area contributed by atoms with E-state index in [1.807, 2.05) is 0 Å².